The summed E-state index contributed by atoms with van der Waals surface area (Å²) in [4.78, 5) is 0. The summed E-state index contributed by atoms with van der Waals surface area (Å²) in [5, 5.41) is -1.28. The standard InChI is InChI=1S/C23H38Cl2P2S/c1-20(2,3)15-13-16(21(4,5)6)18(17(14-15)22(7,8)9)26-19(24)27(25,28)23(10,11)12/h13-14H,1-12H3. The molecule has 0 nitrogen and oxygen atoms in total. The van der Waals surface area contributed by atoms with Crippen molar-refractivity contribution in [1.82, 2.24) is 0 Å². The Morgan fingerprint density at radius 3 is 1.39 bits per heavy atom. The lowest BCUT2D eigenvalue weighted by Crippen LogP contribution is -2.30. The highest BCUT2D eigenvalue weighted by Gasteiger charge is 2.35. The molecule has 5 heteroatoms. The van der Waals surface area contributed by atoms with Crippen LogP contribution in [0.3, 0.4) is 0 Å². The van der Waals surface area contributed by atoms with Crippen LogP contribution in [0.15, 0.2) is 12.1 Å². The summed E-state index contributed by atoms with van der Waals surface area (Å²) in [7, 11) is 0.961. The monoisotopic (exact) mass is 478 g/mol. The molecule has 0 radical (unpaired) electrons. The molecule has 1 aromatic carbocycles. The first kappa shape index (κ1) is 26.7. The van der Waals surface area contributed by atoms with Gasteiger partial charge in [-0.05, 0) is 41.1 Å². The van der Waals surface area contributed by atoms with E-state index < -0.39 is 5.39 Å². The average Bonchev–Trinajstić information content (AvgIpc) is 2.42. The molecule has 1 rings (SSSR count). The van der Waals surface area contributed by atoms with Crippen LogP contribution in [-0.2, 0) is 28.1 Å². The molecule has 0 heterocycles. The zero-order valence-corrected chi connectivity index (χ0v) is 23.8. The minimum Gasteiger partial charge on any atom is -0.0788 e. The second-order valence-electron chi connectivity index (χ2n) is 11.8. The third-order valence-corrected chi connectivity index (χ3v) is 15.7. The second-order valence-corrected chi connectivity index (χ2v) is 20.7. The number of benzene rings is 1. The zero-order chi connectivity index (χ0) is 22.5. The first-order valence-corrected chi connectivity index (χ1v) is 14.8. The summed E-state index contributed by atoms with van der Waals surface area (Å²) in [6.07, 6.45) is 0. The minimum atomic E-state index is -2.35. The molecule has 0 bridgehead atoms. The maximum atomic E-state index is 6.90. The molecule has 0 saturated carbocycles. The van der Waals surface area contributed by atoms with Crippen LogP contribution < -0.4 is 5.30 Å². The van der Waals surface area contributed by atoms with Crippen molar-refractivity contribution >= 4 is 58.0 Å². The lowest BCUT2D eigenvalue weighted by atomic mass is 9.75. The topological polar surface area (TPSA) is 0 Å². The molecule has 0 fully saturated rings. The number of halogens is 2. The highest BCUT2D eigenvalue weighted by atomic mass is 35.7. The average molecular weight is 479 g/mol. The van der Waals surface area contributed by atoms with Crippen LogP contribution in [0, 0.1) is 0 Å². The molecule has 1 atom stereocenters. The quantitative estimate of drug-likeness (QED) is 0.382. The van der Waals surface area contributed by atoms with Gasteiger partial charge in [0.15, 0.2) is 0 Å². The normalized spacial score (nSPS) is 16.9. The Bertz CT molecular complexity index is 776. The molecule has 0 amide bonds. The third kappa shape index (κ3) is 6.08. The van der Waals surface area contributed by atoms with Gasteiger partial charge in [-0.2, -0.15) is 0 Å². The first-order valence-electron chi connectivity index (χ1n) is 9.84. The van der Waals surface area contributed by atoms with Gasteiger partial charge in [0.05, 0.1) is 9.88 Å². The van der Waals surface area contributed by atoms with E-state index in [1.807, 2.05) is 0 Å². The summed E-state index contributed by atoms with van der Waals surface area (Å²) >= 11 is 19.6. The van der Waals surface area contributed by atoms with Gasteiger partial charge in [-0.25, -0.2) is 0 Å². The highest BCUT2D eigenvalue weighted by molar-refractivity contribution is 8.39. The van der Waals surface area contributed by atoms with Crippen molar-refractivity contribution in [3.63, 3.8) is 0 Å². The van der Waals surface area contributed by atoms with E-state index in [4.69, 9.17) is 34.6 Å². The molecule has 1 aromatic rings. The molecule has 0 N–H and O–H groups in total. The van der Waals surface area contributed by atoms with E-state index in [9.17, 15) is 0 Å². The van der Waals surface area contributed by atoms with Crippen LogP contribution in [-0.4, -0.2) is 9.65 Å². The second kappa shape index (κ2) is 8.28. The summed E-state index contributed by atoms with van der Waals surface area (Å²) < 4.78 is 0.719. The van der Waals surface area contributed by atoms with Crippen LogP contribution in [0.4, 0.5) is 0 Å². The molecule has 0 spiro atoms. The smallest absolute Gasteiger partial charge is 0.0788 e. The van der Waals surface area contributed by atoms with Gasteiger partial charge in [0.25, 0.3) is 0 Å². The number of hydrogen-bond acceptors (Lipinski definition) is 1. The number of hydrogen-bond donors (Lipinski definition) is 0. The maximum absolute atomic E-state index is 6.90. The molecular formula is C23H38Cl2P2S. The van der Waals surface area contributed by atoms with E-state index in [0.29, 0.717) is 0 Å². The van der Waals surface area contributed by atoms with Crippen LogP contribution in [0.5, 0.6) is 0 Å². The van der Waals surface area contributed by atoms with Crippen LogP contribution >= 0.6 is 36.4 Å². The van der Waals surface area contributed by atoms with Crippen LogP contribution in [0.2, 0.25) is 0 Å². The van der Waals surface area contributed by atoms with Gasteiger partial charge in [0.1, 0.15) is 0 Å². The fourth-order valence-electron chi connectivity index (χ4n) is 2.76. The van der Waals surface area contributed by atoms with Crippen LogP contribution in [0.1, 0.15) is 99.8 Å². The van der Waals surface area contributed by atoms with Gasteiger partial charge in [0.2, 0.25) is 0 Å². The minimum absolute atomic E-state index is 0.00261. The van der Waals surface area contributed by atoms with E-state index in [2.05, 4.69) is 95.2 Å². The number of rotatable bonds is 2. The summed E-state index contributed by atoms with van der Waals surface area (Å²) in [6, 6.07) is 4.74. The van der Waals surface area contributed by atoms with Crippen molar-refractivity contribution in [3.8, 4) is 0 Å². The summed E-state index contributed by atoms with van der Waals surface area (Å²) in [5.74, 6) is 0. The largest absolute Gasteiger partial charge is 0.0933 e. The van der Waals surface area contributed by atoms with Gasteiger partial charge in [-0.15, -0.1) is 0 Å². The van der Waals surface area contributed by atoms with E-state index in [-0.39, 0.29) is 21.4 Å². The van der Waals surface area contributed by atoms with Crippen molar-refractivity contribution in [1.29, 1.82) is 0 Å². The fourth-order valence-corrected chi connectivity index (χ4v) is 7.98. The van der Waals surface area contributed by atoms with E-state index in [1.165, 1.54) is 22.0 Å². The molecule has 0 aliphatic heterocycles. The van der Waals surface area contributed by atoms with E-state index in [1.54, 1.807) is 0 Å². The SMILES string of the molecule is CC(C)(C)c1cc(C(C)(C)C)c(P=C(Cl)P(=S)(Cl)C(C)(C)C)c(C(C)(C)C)c1. The molecular weight excluding hydrogens is 441 g/mol. The van der Waals surface area contributed by atoms with E-state index >= 15 is 0 Å². The zero-order valence-electron chi connectivity index (χ0n) is 19.7. The molecule has 0 saturated heterocycles. The molecule has 0 aliphatic carbocycles. The predicted octanol–water partition coefficient (Wildman–Crippen LogP) is 8.91. The predicted molar refractivity (Wildman–Crippen MR) is 140 cm³/mol. The maximum Gasteiger partial charge on any atom is 0.0933 e. The highest BCUT2D eigenvalue weighted by Crippen LogP contribution is 2.66. The van der Waals surface area contributed by atoms with Gasteiger partial charge < -0.3 is 0 Å². The van der Waals surface area contributed by atoms with Crippen molar-refractivity contribution in [2.75, 3.05) is 0 Å². The Morgan fingerprint density at radius 1 is 0.786 bits per heavy atom. The van der Waals surface area contributed by atoms with E-state index in [0.717, 1.165) is 12.7 Å². The Balaban J connectivity index is 4.02. The van der Waals surface area contributed by atoms with Crippen molar-refractivity contribution in [2.24, 2.45) is 0 Å². The molecule has 28 heavy (non-hydrogen) atoms. The first-order chi connectivity index (χ1) is 12.1. The van der Waals surface area contributed by atoms with Gasteiger partial charge in [-0.3, -0.25) is 0 Å². The van der Waals surface area contributed by atoms with Crippen molar-refractivity contribution in [2.45, 2.75) is 104 Å². The van der Waals surface area contributed by atoms with Gasteiger partial charge in [0, 0.05) is 10.5 Å². The van der Waals surface area contributed by atoms with Crippen molar-refractivity contribution < 1.29 is 0 Å². The molecule has 160 valence electrons. The lowest BCUT2D eigenvalue weighted by Gasteiger charge is -2.33. The Morgan fingerprint density at radius 2 is 1.14 bits per heavy atom. The van der Waals surface area contributed by atoms with Gasteiger partial charge in [-0.1, -0.05) is 130 Å². The van der Waals surface area contributed by atoms with Crippen LogP contribution in [0.25, 0.3) is 0 Å². The molecule has 0 aromatic heterocycles. The Labute approximate surface area is 190 Å². The summed E-state index contributed by atoms with van der Waals surface area (Å²) in [6.45, 7) is 26.7. The lowest BCUT2D eigenvalue weighted by molar-refractivity contribution is 0.554. The van der Waals surface area contributed by atoms with Gasteiger partial charge >= 0.3 is 0 Å². The fraction of sp³-hybridized carbons (Fsp3) is 0.696. The Hall–Kier alpha value is 0.620. The molecule has 1 unspecified atom stereocenters. The Kier molecular flexibility index (Phi) is 7.88. The summed E-state index contributed by atoms with van der Waals surface area (Å²) in [5.41, 5.74) is 4.11. The van der Waals surface area contributed by atoms with Crippen molar-refractivity contribution in [3.05, 3.63) is 28.8 Å². The molecule has 0 aliphatic rings. The third-order valence-electron chi connectivity index (χ3n) is 4.90.